The van der Waals surface area contributed by atoms with Gasteiger partial charge >= 0.3 is 5.97 Å². The van der Waals surface area contributed by atoms with Crippen LogP contribution in [0.1, 0.15) is 26.7 Å². The summed E-state index contributed by atoms with van der Waals surface area (Å²) in [6.45, 7) is 6.71. The third-order valence-electron chi connectivity index (χ3n) is 3.09. The van der Waals surface area contributed by atoms with E-state index >= 15 is 0 Å². The molecule has 0 radical (unpaired) electrons. The molecule has 0 spiro atoms. The first-order chi connectivity index (χ1) is 8.10. The fourth-order valence-corrected chi connectivity index (χ4v) is 2.19. The van der Waals surface area contributed by atoms with Crippen LogP contribution >= 0.6 is 0 Å². The van der Waals surface area contributed by atoms with Crippen molar-refractivity contribution in [3.8, 4) is 0 Å². The Bertz CT molecular complexity index is 239. The summed E-state index contributed by atoms with van der Waals surface area (Å²) in [5.41, 5.74) is 0. The smallest absolute Gasteiger partial charge is 0.323 e. The second-order valence-electron chi connectivity index (χ2n) is 5.19. The summed E-state index contributed by atoms with van der Waals surface area (Å²) in [5.74, 6) is 0.931. The largest absolute Gasteiger partial charge is 0.468 e. The molecule has 1 aliphatic rings. The Morgan fingerprint density at radius 2 is 2.00 bits per heavy atom. The van der Waals surface area contributed by atoms with Gasteiger partial charge in [0.2, 0.25) is 0 Å². The highest BCUT2D eigenvalue weighted by atomic mass is 16.5. The van der Waals surface area contributed by atoms with Gasteiger partial charge in [-0.05, 0) is 24.7 Å². The van der Waals surface area contributed by atoms with E-state index in [0.29, 0.717) is 18.4 Å². The number of ether oxygens (including phenoxy) is 2. The van der Waals surface area contributed by atoms with Crippen LogP contribution in [0.3, 0.4) is 0 Å². The SMILES string of the molecule is COCCN(CC(C)C)C(C(=O)OC)C1CC1. The molecule has 0 aromatic heterocycles. The molecule has 0 heterocycles. The maximum atomic E-state index is 11.9. The van der Waals surface area contributed by atoms with Crippen LogP contribution in [-0.2, 0) is 14.3 Å². The summed E-state index contributed by atoms with van der Waals surface area (Å²) >= 11 is 0. The average molecular weight is 243 g/mol. The van der Waals surface area contributed by atoms with E-state index in [1.807, 2.05) is 0 Å². The minimum Gasteiger partial charge on any atom is -0.468 e. The number of carbonyl (C=O) groups excluding carboxylic acids is 1. The zero-order valence-corrected chi connectivity index (χ0v) is 11.4. The van der Waals surface area contributed by atoms with E-state index in [-0.39, 0.29) is 12.0 Å². The quantitative estimate of drug-likeness (QED) is 0.606. The predicted molar refractivity (Wildman–Crippen MR) is 66.8 cm³/mol. The van der Waals surface area contributed by atoms with E-state index in [9.17, 15) is 4.79 Å². The van der Waals surface area contributed by atoms with Gasteiger partial charge in [-0.1, -0.05) is 13.8 Å². The van der Waals surface area contributed by atoms with Crippen LogP contribution in [0.2, 0.25) is 0 Å². The Kier molecular flexibility index (Phi) is 5.92. The molecule has 0 aromatic rings. The van der Waals surface area contributed by atoms with Gasteiger partial charge in [0.1, 0.15) is 6.04 Å². The molecule has 4 heteroatoms. The van der Waals surface area contributed by atoms with Gasteiger partial charge in [0.15, 0.2) is 0 Å². The van der Waals surface area contributed by atoms with Crippen LogP contribution in [0.25, 0.3) is 0 Å². The highest BCUT2D eigenvalue weighted by Gasteiger charge is 2.40. The Morgan fingerprint density at radius 3 is 2.41 bits per heavy atom. The van der Waals surface area contributed by atoms with Gasteiger partial charge in [-0.15, -0.1) is 0 Å². The molecular weight excluding hydrogens is 218 g/mol. The molecule has 100 valence electrons. The van der Waals surface area contributed by atoms with E-state index in [1.54, 1.807) is 7.11 Å². The molecule has 0 amide bonds. The van der Waals surface area contributed by atoms with E-state index in [2.05, 4.69) is 18.7 Å². The summed E-state index contributed by atoms with van der Waals surface area (Å²) in [6.07, 6.45) is 2.28. The molecule has 17 heavy (non-hydrogen) atoms. The highest BCUT2D eigenvalue weighted by molar-refractivity contribution is 5.76. The number of nitrogens with zero attached hydrogens (tertiary/aromatic N) is 1. The number of rotatable bonds is 8. The van der Waals surface area contributed by atoms with E-state index in [1.165, 1.54) is 7.11 Å². The molecule has 0 N–H and O–H groups in total. The van der Waals surface area contributed by atoms with Crippen molar-refractivity contribution in [3.05, 3.63) is 0 Å². The monoisotopic (exact) mass is 243 g/mol. The van der Waals surface area contributed by atoms with Gasteiger partial charge in [-0.25, -0.2) is 0 Å². The molecule has 1 saturated carbocycles. The number of methoxy groups -OCH3 is 2. The minimum absolute atomic E-state index is 0.0717. The van der Waals surface area contributed by atoms with Crippen molar-refractivity contribution < 1.29 is 14.3 Å². The third-order valence-corrected chi connectivity index (χ3v) is 3.09. The lowest BCUT2D eigenvalue weighted by Gasteiger charge is -2.31. The lowest BCUT2D eigenvalue weighted by molar-refractivity contribution is -0.148. The molecule has 1 rings (SSSR count). The van der Waals surface area contributed by atoms with Gasteiger partial charge in [0.05, 0.1) is 13.7 Å². The zero-order chi connectivity index (χ0) is 12.8. The lowest BCUT2D eigenvalue weighted by Crippen LogP contribution is -2.46. The highest BCUT2D eigenvalue weighted by Crippen LogP contribution is 2.36. The van der Waals surface area contributed by atoms with Crippen molar-refractivity contribution in [1.29, 1.82) is 0 Å². The number of esters is 1. The van der Waals surface area contributed by atoms with Crippen molar-refractivity contribution >= 4 is 5.97 Å². The molecule has 0 bridgehead atoms. The molecule has 1 atom stereocenters. The first kappa shape index (κ1) is 14.5. The van der Waals surface area contributed by atoms with Crippen LogP contribution < -0.4 is 0 Å². The minimum atomic E-state index is -0.0933. The summed E-state index contributed by atoms with van der Waals surface area (Å²) in [5, 5.41) is 0. The fourth-order valence-electron chi connectivity index (χ4n) is 2.19. The van der Waals surface area contributed by atoms with E-state index < -0.39 is 0 Å². The molecule has 0 aromatic carbocycles. The summed E-state index contributed by atoms with van der Waals surface area (Å²) in [6, 6.07) is -0.0717. The van der Waals surface area contributed by atoms with Gasteiger partial charge < -0.3 is 9.47 Å². The Balaban J connectivity index is 2.64. The van der Waals surface area contributed by atoms with Crippen LogP contribution in [0.4, 0.5) is 0 Å². The Morgan fingerprint density at radius 1 is 1.35 bits per heavy atom. The van der Waals surface area contributed by atoms with Crippen molar-refractivity contribution in [1.82, 2.24) is 4.90 Å². The van der Waals surface area contributed by atoms with Crippen LogP contribution in [0.5, 0.6) is 0 Å². The lowest BCUT2D eigenvalue weighted by atomic mass is 10.1. The Hall–Kier alpha value is -0.610. The fraction of sp³-hybridized carbons (Fsp3) is 0.923. The van der Waals surface area contributed by atoms with Crippen LogP contribution in [-0.4, -0.2) is 50.8 Å². The standard InChI is InChI=1S/C13H25NO3/c1-10(2)9-14(7-8-16-3)12(11-5-6-11)13(15)17-4/h10-12H,5-9H2,1-4H3. The average Bonchev–Trinajstić information content (AvgIpc) is 3.09. The topological polar surface area (TPSA) is 38.8 Å². The maximum absolute atomic E-state index is 11.9. The second kappa shape index (κ2) is 6.97. The number of hydrogen-bond donors (Lipinski definition) is 0. The molecule has 4 nitrogen and oxygen atoms in total. The maximum Gasteiger partial charge on any atom is 0.323 e. The van der Waals surface area contributed by atoms with E-state index in [0.717, 1.165) is 25.9 Å². The molecule has 0 aliphatic heterocycles. The predicted octanol–water partition coefficient (Wildman–Crippen LogP) is 1.54. The van der Waals surface area contributed by atoms with Gasteiger partial charge in [0, 0.05) is 20.2 Å². The van der Waals surface area contributed by atoms with Crippen LogP contribution in [0, 0.1) is 11.8 Å². The zero-order valence-electron chi connectivity index (χ0n) is 11.4. The van der Waals surface area contributed by atoms with Crippen molar-refractivity contribution in [2.24, 2.45) is 11.8 Å². The van der Waals surface area contributed by atoms with Crippen molar-refractivity contribution in [3.63, 3.8) is 0 Å². The Labute approximate surface area is 104 Å². The number of hydrogen-bond acceptors (Lipinski definition) is 4. The second-order valence-corrected chi connectivity index (χ2v) is 5.19. The third kappa shape index (κ3) is 4.64. The van der Waals surface area contributed by atoms with Gasteiger partial charge in [-0.3, -0.25) is 9.69 Å². The van der Waals surface area contributed by atoms with Crippen LogP contribution in [0.15, 0.2) is 0 Å². The molecule has 1 unspecified atom stereocenters. The molecule has 1 aliphatic carbocycles. The normalized spacial score (nSPS) is 17.5. The van der Waals surface area contributed by atoms with Gasteiger partial charge in [-0.2, -0.15) is 0 Å². The first-order valence-corrected chi connectivity index (χ1v) is 6.41. The van der Waals surface area contributed by atoms with Crippen molar-refractivity contribution in [2.75, 3.05) is 33.9 Å². The molecule has 1 fully saturated rings. The first-order valence-electron chi connectivity index (χ1n) is 6.41. The summed E-state index contributed by atoms with van der Waals surface area (Å²) in [7, 11) is 3.17. The van der Waals surface area contributed by atoms with E-state index in [4.69, 9.17) is 9.47 Å². The molecule has 0 saturated heterocycles. The summed E-state index contributed by atoms with van der Waals surface area (Å²) in [4.78, 5) is 14.1. The number of carbonyl (C=O) groups is 1. The van der Waals surface area contributed by atoms with Gasteiger partial charge in [0.25, 0.3) is 0 Å². The van der Waals surface area contributed by atoms with Crippen molar-refractivity contribution in [2.45, 2.75) is 32.7 Å². The molecular formula is C13H25NO3. The summed E-state index contributed by atoms with van der Waals surface area (Å²) < 4.78 is 10.1.